The molecule has 0 aliphatic carbocycles. The van der Waals surface area contributed by atoms with Crippen molar-refractivity contribution in [2.75, 3.05) is 20.2 Å². The average molecular weight is 348 g/mol. The van der Waals surface area contributed by atoms with Crippen LogP contribution in [-0.2, 0) is 16.1 Å². The molecule has 1 heterocycles. The minimum absolute atomic E-state index is 0.0413. The van der Waals surface area contributed by atoms with E-state index in [1.54, 1.807) is 12.0 Å². The summed E-state index contributed by atoms with van der Waals surface area (Å²) >= 11 is 0. The highest BCUT2D eigenvalue weighted by atomic mass is 16.6. The second-order valence-corrected chi connectivity index (χ2v) is 7.31. The number of nitrogens with one attached hydrogen (secondary N) is 1. The predicted molar refractivity (Wildman–Crippen MR) is 95.4 cm³/mol. The maximum absolute atomic E-state index is 12.3. The number of methoxy groups -OCH3 is 1. The van der Waals surface area contributed by atoms with Gasteiger partial charge in [-0.3, -0.25) is 4.79 Å². The first-order valence-corrected chi connectivity index (χ1v) is 8.67. The second-order valence-electron chi connectivity index (χ2n) is 7.31. The van der Waals surface area contributed by atoms with Crippen LogP contribution in [-0.4, -0.2) is 42.7 Å². The zero-order valence-electron chi connectivity index (χ0n) is 15.5. The smallest absolute Gasteiger partial charge is 0.410 e. The van der Waals surface area contributed by atoms with Crippen molar-refractivity contribution in [2.24, 2.45) is 5.92 Å². The molecule has 6 nitrogen and oxygen atoms in total. The van der Waals surface area contributed by atoms with Gasteiger partial charge in [0.15, 0.2) is 0 Å². The number of hydrogen-bond acceptors (Lipinski definition) is 4. The highest BCUT2D eigenvalue weighted by Crippen LogP contribution is 2.20. The maximum Gasteiger partial charge on any atom is 0.410 e. The van der Waals surface area contributed by atoms with Crippen LogP contribution in [0.3, 0.4) is 0 Å². The molecule has 0 radical (unpaired) electrons. The van der Waals surface area contributed by atoms with Gasteiger partial charge < -0.3 is 19.7 Å². The molecule has 0 unspecified atom stereocenters. The lowest BCUT2D eigenvalue weighted by molar-refractivity contribution is -0.126. The summed E-state index contributed by atoms with van der Waals surface area (Å²) in [5.41, 5.74) is 0.532. The number of amides is 2. The molecule has 0 bridgehead atoms. The third kappa shape index (κ3) is 5.96. The van der Waals surface area contributed by atoms with Crippen LogP contribution in [0.4, 0.5) is 4.79 Å². The minimum atomic E-state index is -0.496. The lowest BCUT2D eigenvalue weighted by Gasteiger charge is -2.32. The lowest BCUT2D eigenvalue weighted by Crippen LogP contribution is -2.44. The molecule has 1 aliphatic heterocycles. The van der Waals surface area contributed by atoms with E-state index in [9.17, 15) is 9.59 Å². The monoisotopic (exact) mass is 348 g/mol. The number of carbonyl (C=O) groups excluding carboxylic acids is 2. The summed E-state index contributed by atoms with van der Waals surface area (Å²) in [6.45, 7) is 7.15. The van der Waals surface area contributed by atoms with Gasteiger partial charge in [-0.15, -0.1) is 0 Å². The van der Waals surface area contributed by atoms with Gasteiger partial charge in [0, 0.05) is 25.6 Å². The Balaban J connectivity index is 1.76. The number of carbonyl (C=O) groups is 2. The van der Waals surface area contributed by atoms with Crippen molar-refractivity contribution in [1.82, 2.24) is 10.2 Å². The van der Waals surface area contributed by atoms with Gasteiger partial charge in [-0.2, -0.15) is 0 Å². The minimum Gasteiger partial charge on any atom is -0.497 e. The van der Waals surface area contributed by atoms with Crippen molar-refractivity contribution in [3.05, 3.63) is 29.8 Å². The Bertz CT molecular complexity index is 584. The number of rotatable bonds is 4. The van der Waals surface area contributed by atoms with Gasteiger partial charge in [-0.05, 0) is 51.3 Å². The number of ether oxygens (including phenoxy) is 2. The molecule has 1 aliphatic rings. The zero-order valence-corrected chi connectivity index (χ0v) is 15.5. The molecule has 0 spiro atoms. The Morgan fingerprint density at radius 2 is 1.76 bits per heavy atom. The van der Waals surface area contributed by atoms with Crippen LogP contribution in [0, 0.1) is 5.92 Å². The number of hydrogen-bond donors (Lipinski definition) is 1. The van der Waals surface area contributed by atoms with E-state index in [4.69, 9.17) is 9.47 Å². The van der Waals surface area contributed by atoms with Gasteiger partial charge >= 0.3 is 6.09 Å². The van der Waals surface area contributed by atoms with Crippen LogP contribution < -0.4 is 10.1 Å². The van der Waals surface area contributed by atoms with Gasteiger partial charge in [0.25, 0.3) is 0 Å². The Labute approximate surface area is 149 Å². The molecular formula is C19H28N2O4. The summed E-state index contributed by atoms with van der Waals surface area (Å²) < 4.78 is 10.5. The van der Waals surface area contributed by atoms with Crippen LogP contribution in [0.2, 0.25) is 0 Å². The van der Waals surface area contributed by atoms with Crippen LogP contribution in [0.25, 0.3) is 0 Å². The van der Waals surface area contributed by atoms with E-state index in [1.165, 1.54) is 0 Å². The van der Waals surface area contributed by atoms with E-state index < -0.39 is 5.60 Å². The summed E-state index contributed by atoms with van der Waals surface area (Å²) in [6.07, 6.45) is 1.02. The van der Waals surface area contributed by atoms with Crippen molar-refractivity contribution in [2.45, 2.75) is 45.8 Å². The van der Waals surface area contributed by atoms with Crippen LogP contribution in [0.1, 0.15) is 39.2 Å². The highest BCUT2D eigenvalue weighted by Gasteiger charge is 2.29. The molecule has 0 aromatic heterocycles. The largest absolute Gasteiger partial charge is 0.497 e. The first-order chi connectivity index (χ1) is 11.8. The quantitative estimate of drug-likeness (QED) is 0.908. The van der Waals surface area contributed by atoms with Crippen LogP contribution >= 0.6 is 0 Å². The van der Waals surface area contributed by atoms with Crippen molar-refractivity contribution in [3.8, 4) is 5.75 Å². The molecule has 1 fully saturated rings. The Hall–Kier alpha value is -2.24. The Morgan fingerprint density at radius 1 is 1.16 bits per heavy atom. The van der Waals surface area contributed by atoms with E-state index in [1.807, 2.05) is 45.0 Å². The molecule has 1 aromatic rings. The van der Waals surface area contributed by atoms with E-state index >= 15 is 0 Å². The summed E-state index contributed by atoms with van der Waals surface area (Å²) in [4.78, 5) is 26.1. The molecule has 6 heteroatoms. The molecule has 0 atom stereocenters. The third-order valence-electron chi connectivity index (χ3n) is 4.14. The summed E-state index contributed by atoms with van der Waals surface area (Å²) in [5, 5.41) is 2.97. The normalized spacial score (nSPS) is 15.6. The standard InChI is InChI=1S/C19H28N2O4/c1-19(2,3)25-18(23)21-11-9-15(10-12-21)17(22)20-13-14-5-7-16(24-4)8-6-14/h5-8,15H,9-13H2,1-4H3,(H,20,22). The molecule has 1 aromatic carbocycles. The molecule has 1 N–H and O–H groups in total. The SMILES string of the molecule is COc1ccc(CNC(=O)C2CCN(C(=O)OC(C)(C)C)CC2)cc1. The first kappa shape index (κ1) is 19.1. The fourth-order valence-electron chi connectivity index (χ4n) is 2.73. The topological polar surface area (TPSA) is 67.9 Å². The highest BCUT2D eigenvalue weighted by molar-refractivity contribution is 5.79. The summed E-state index contributed by atoms with van der Waals surface area (Å²) in [6, 6.07) is 7.62. The van der Waals surface area contributed by atoms with E-state index in [0.717, 1.165) is 11.3 Å². The van der Waals surface area contributed by atoms with Gasteiger partial charge in [0.1, 0.15) is 11.4 Å². The number of benzene rings is 1. The van der Waals surface area contributed by atoms with Crippen molar-refractivity contribution in [1.29, 1.82) is 0 Å². The molecule has 0 saturated carbocycles. The summed E-state index contributed by atoms with van der Waals surface area (Å²) in [5.74, 6) is 0.779. The fourth-order valence-corrected chi connectivity index (χ4v) is 2.73. The summed E-state index contributed by atoms with van der Waals surface area (Å²) in [7, 11) is 1.63. The zero-order chi connectivity index (χ0) is 18.4. The van der Waals surface area contributed by atoms with Gasteiger partial charge in [0.2, 0.25) is 5.91 Å². The third-order valence-corrected chi connectivity index (χ3v) is 4.14. The van der Waals surface area contributed by atoms with Crippen molar-refractivity contribution >= 4 is 12.0 Å². The molecule has 2 amide bonds. The van der Waals surface area contributed by atoms with Gasteiger partial charge in [-0.25, -0.2) is 4.79 Å². The van der Waals surface area contributed by atoms with E-state index in [2.05, 4.69) is 5.32 Å². The van der Waals surface area contributed by atoms with Crippen LogP contribution in [0.15, 0.2) is 24.3 Å². The lowest BCUT2D eigenvalue weighted by atomic mass is 9.96. The number of likely N-dealkylation sites (tertiary alicyclic amines) is 1. The van der Waals surface area contributed by atoms with Gasteiger partial charge in [-0.1, -0.05) is 12.1 Å². The molecule has 1 saturated heterocycles. The van der Waals surface area contributed by atoms with Gasteiger partial charge in [0.05, 0.1) is 7.11 Å². The first-order valence-electron chi connectivity index (χ1n) is 8.67. The molecule has 2 rings (SSSR count). The number of piperidine rings is 1. The Morgan fingerprint density at radius 3 is 2.28 bits per heavy atom. The fraction of sp³-hybridized carbons (Fsp3) is 0.579. The molecular weight excluding hydrogens is 320 g/mol. The van der Waals surface area contributed by atoms with Crippen LogP contribution in [0.5, 0.6) is 5.75 Å². The molecule has 25 heavy (non-hydrogen) atoms. The maximum atomic E-state index is 12.3. The Kier molecular flexibility index (Phi) is 6.28. The average Bonchev–Trinajstić information content (AvgIpc) is 2.58. The van der Waals surface area contributed by atoms with Crippen molar-refractivity contribution in [3.63, 3.8) is 0 Å². The van der Waals surface area contributed by atoms with E-state index in [0.29, 0.717) is 32.5 Å². The molecule has 138 valence electrons. The van der Waals surface area contributed by atoms with E-state index in [-0.39, 0.29) is 17.9 Å². The number of nitrogens with zero attached hydrogens (tertiary/aromatic N) is 1. The predicted octanol–water partition coefficient (Wildman–Crippen LogP) is 2.96. The second kappa shape index (κ2) is 8.23. The van der Waals surface area contributed by atoms with Crippen molar-refractivity contribution < 1.29 is 19.1 Å².